The molecule has 4 nitrogen and oxygen atoms in total. The van der Waals surface area contributed by atoms with Crippen LogP contribution in [0.2, 0.25) is 0 Å². The number of likely N-dealkylation sites (N-methyl/N-ethyl adjacent to an activating group) is 1. The van der Waals surface area contributed by atoms with Gasteiger partial charge in [-0.15, -0.1) is 0 Å². The summed E-state index contributed by atoms with van der Waals surface area (Å²) in [5.41, 5.74) is 3.08. The molecule has 0 atom stereocenters. The molecule has 0 bridgehead atoms. The van der Waals surface area contributed by atoms with Gasteiger partial charge in [0, 0.05) is 12.7 Å². The molecule has 0 aromatic heterocycles. The second kappa shape index (κ2) is 5.67. The monoisotopic (exact) mass is 248 g/mol. The van der Waals surface area contributed by atoms with Gasteiger partial charge in [0.1, 0.15) is 6.54 Å². The number of rotatable bonds is 1. The molecule has 3 amide bonds. The van der Waals surface area contributed by atoms with Gasteiger partial charge < -0.3 is 0 Å². The maximum Gasteiger partial charge on any atom is 0.331 e. The normalized spacial score (nSPS) is 14.7. The van der Waals surface area contributed by atoms with E-state index in [1.54, 1.807) is 0 Å². The molecule has 18 heavy (non-hydrogen) atoms. The van der Waals surface area contributed by atoms with Crippen LogP contribution in [0.1, 0.15) is 25.0 Å². The fourth-order valence-electron chi connectivity index (χ4n) is 1.69. The number of nitrogens with zero attached hydrogens (tertiary/aromatic N) is 2. The predicted molar refractivity (Wildman–Crippen MR) is 72.8 cm³/mol. The average Bonchev–Trinajstić information content (AvgIpc) is 2.63. The van der Waals surface area contributed by atoms with Crippen molar-refractivity contribution in [3.8, 4) is 0 Å². The van der Waals surface area contributed by atoms with Gasteiger partial charge in [-0.2, -0.15) is 0 Å². The number of hydrogen-bond donors (Lipinski definition) is 0. The summed E-state index contributed by atoms with van der Waals surface area (Å²) in [6, 6.07) is 5.50. The molecule has 1 aromatic carbocycles. The Hall–Kier alpha value is -1.84. The van der Waals surface area contributed by atoms with E-state index in [2.05, 4.69) is 0 Å². The minimum absolute atomic E-state index is 0.137. The Morgan fingerprint density at radius 2 is 1.67 bits per heavy atom. The zero-order chi connectivity index (χ0) is 13.9. The fourth-order valence-corrected chi connectivity index (χ4v) is 1.69. The van der Waals surface area contributed by atoms with Crippen LogP contribution in [-0.2, 0) is 4.79 Å². The van der Waals surface area contributed by atoms with Gasteiger partial charge in [0.25, 0.3) is 0 Å². The molecular weight excluding hydrogens is 228 g/mol. The number of hydrogen-bond acceptors (Lipinski definition) is 2. The Labute approximate surface area is 108 Å². The quantitative estimate of drug-likeness (QED) is 0.717. The number of imide groups is 1. The van der Waals surface area contributed by atoms with E-state index in [1.807, 2.05) is 45.9 Å². The van der Waals surface area contributed by atoms with Crippen molar-refractivity contribution in [2.24, 2.45) is 0 Å². The summed E-state index contributed by atoms with van der Waals surface area (Å²) in [5.74, 6) is -0.164. The van der Waals surface area contributed by atoms with Crippen molar-refractivity contribution in [1.82, 2.24) is 4.90 Å². The molecule has 0 saturated carbocycles. The van der Waals surface area contributed by atoms with Crippen LogP contribution < -0.4 is 4.90 Å². The van der Waals surface area contributed by atoms with E-state index in [0.717, 1.165) is 16.2 Å². The molecule has 0 radical (unpaired) electrons. The standard InChI is InChI=1S/C12H14N2O2.C2H6/c1-8-4-5-10(6-9(8)2)14-7-11(15)13(3)12(14)16;1-2/h4-6H,7H2,1-3H3;1-2H3. The van der Waals surface area contributed by atoms with Gasteiger partial charge in [-0.1, -0.05) is 19.9 Å². The molecular formula is C14H20N2O2. The van der Waals surface area contributed by atoms with Crippen molar-refractivity contribution >= 4 is 17.6 Å². The topological polar surface area (TPSA) is 40.6 Å². The van der Waals surface area contributed by atoms with Crippen molar-refractivity contribution in [3.05, 3.63) is 29.3 Å². The van der Waals surface area contributed by atoms with E-state index in [0.29, 0.717) is 0 Å². The molecule has 4 heteroatoms. The Morgan fingerprint density at radius 3 is 2.11 bits per heavy atom. The highest BCUT2D eigenvalue weighted by Gasteiger charge is 2.33. The maximum atomic E-state index is 11.7. The Balaban J connectivity index is 0.000000771. The highest BCUT2D eigenvalue weighted by molar-refractivity contribution is 6.11. The molecule has 1 aromatic rings. The number of benzene rings is 1. The number of carbonyl (C=O) groups is 2. The molecule has 0 aliphatic carbocycles. The zero-order valence-electron chi connectivity index (χ0n) is 11.7. The minimum Gasteiger partial charge on any atom is -0.285 e. The minimum atomic E-state index is -0.256. The fraction of sp³-hybridized carbons (Fsp3) is 0.429. The number of carbonyl (C=O) groups excluding carboxylic acids is 2. The van der Waals surface area contributed by atoms with Gasteiger partial charge in [0.2, 0.25) is 5.91 Å². The summed E-state index contributed by atoms with van der Waals surface area (Å²) in [7, 11) is 1.51. The first-order valence-corrected chi connectivity index (χ1v) is 6.16. The smallest absolute Gasteiger partial charge is 0.285 e. The lowest BCUT2D eigenvalue weighted by atomic mass is 10.1. The van der Waals surface area contributed by atoms with Crippen molar-refractivity contribution in [1.29, 1.82) is 0 Å². The third-order valence-electron chi connectivity index (χ3n) is 2.99. The lowest BCUT2D eigenvalue weighted by molar-refractivity contribution is -0.123. The maximum absolute atomic E-state index is 11.7. The highest BCUT2D eigenvalue weighted by Crippen LogP contribution is 2.22. The van der Waals surface area contributed by atoms with Crippen LogP contribution >= 0.6 is 0 Å². The lowest BCUT2D eigenvalue weighted by Crippen LogP contribution is -2.29. The summed E-state index contributed by atoms with van der Waals surface area (Å²) in [4.78, 5) is 25.8. The van der Waals surface area contributed by atoms with Crippen molar-refractivity contribution in [2.75, 3.05) is 18.5 Å². The van der Waals surface area contributed by atoms with Crippen LogP contribution in [0.25, 0.3) is 0 Å². The van der Waals surface area contributed by atoms with E-state index in [9.17, 15) is 9.59 Å². The van der Waals surface area contributed by atoms with Crippen LogP contribution in [0, 0.1) is 13.8 Å². The Kier molecular flexibility index (Phi) is 4.48. The first kappa shape index (κ1) is 14.2. The van der Waals surface area contributed by atoms with E-state index in [-0.39, 0.29) is 18.5 Å². The summed E-state index contributed by atoms with van der Waals surface area (Å²) < 4.78 is 0. The van der Waals surface area contributed by atoms with Gasteiger partial charge in [0.15, 0.2) is 0 Å². The molecule has 2 rings (SSSR count). The third-order valence-corrected chi connectivity index (χ3v) is 2.99. The van der Waals surface area contributed by atoms with Gasteiger partial charge in [-0.3, -0.25) is 14.6 Å². The Morgan fingerprint density at radius 1 is 1.06 bits per heavy atom. The van der Waals surface area contributed by atoms with Crippen molar-refractivity contribution < 1.29 is 9.59 Å². The third kappa shape index (κ3) is 2.53. The van der Waals surface area contributed by atoms with Crippen LogP contribution in [0.15, 0.2) is 18.2 Å². The first-order chi connectivity index (χ1) is 8.50. The molecule has 0 N–H and O–H groups in total. The summed E-state index contributed by atoms with van der Waals surface area (Å²) >= 11 is 0. The van der Waals surface area contributed by atoms with Gasteiger partial charge in [0.05, 0.1) is 0 Å². The zero-order valence-corrected chi connectivity index (χ0v) is 11.7. The summed E-state index contributed by atoms with van der Waals surface area (Å²) in [6.45, 7) is 8.14. The summed E-state index contributed by atoms with van der Waals surface area (Å²) in [5, 5.41) is 0. The van der Waals surface area contributed by atoms with E-state index in [1.165, 1.54) is 17.5 Å². The van der Waals surface area contributed by atoms with E-state index in [4.69, 9.17) is 0 Å². The molecule has 1 saturated heterocycles. The van der Waals surface area contributed by atoms with Crippen molar-refractivity contribution in [2.45, 2.75) is 27.7 Å². The SMILES string of the molecule is CC.Cc1ccc(N2CC(=O)N(C)C2=O)cc1C. The molecule has 1 aliphatic rings. The molecule has 0 unspecified atom stereocenters. The van der Waals surface area contributed by atoms with Gasteiger partial charge >= 0.3 is 6.03 Å². The second-order valence-electron chi connectivity index (χ2n) is 4.09. The number of urea groups is 1. The molecule has 1 fully saturated rings. The van der Waals surface area contributed by atoms with Crippen LogP contribution in [-0.4, -0.2) is 30.4 Å². The first-order valence-electron chi connectivity index (χ1n) is 6.16. The van der Waals surface area contributed by atoms with Crippen molar-refractivity contribution in [3.63, 3.8) is 0 Å². The lowest BCUT2D eigenvalue weighted by Gasteiger charge is -2.15. The number of amides is 3. The summed E-state index contributed by atoms with van der Waals surface area (Å²) in [6.07, 6.45) is 0. The van der Waals surface area contributed by atoms with Crippen LogP contribution in [0.3, 0.4) is 0 Å². The largest absolute Gasteiger partial charge is 0.331 e. The second-order valence-corrected chi connectivity index (χ2v) is 4.09. The predicted octanol–water partition coefficient (Wildman–Crippen LogP) is 2.73. The number of anilines is 1. The average molecular weight is 248 g/mol. The molecule has 1 heterocycles. The van der Waals surface area contributed by atoms with Crippen LogP contribution in [0.4, 0.5) is 10.5 Å². The number of aryl methyl sites for hydroxylation is 2. The van der Waals surface area contributed by atoms with Crippen LogP contribution in [0.5, 0.6) is 0 Å². The molecule has 1 aliphatic heterocycles. The van der Waals surface area contributed by atoms with E-state index >= 15 is 0 Å². The highest BCUT2D eigenvalue weighted by atomic mass is 16.2. The molecule has 0 spiro atoms. The van der Waals surface area contributed by atoms with E-state index < -0.39 is 0 Å². The Bertz CT molecular complexity index is 469. The molecule has 98 valence electrons. The van der Waals surface area contributed by atoms with Gasteiger partial charge in [-0.05, 0) is 37.1 Å². The van der Waals surface area contributed by atoms with Gasteiger partial charge in [-0.25, -0.2) is 4.79 Å².